The zero-order valence-corrected chi connectivity index (χ0v) is 12.0. The molecule has 112 valence electrons. The number of benzene rings is 1. The maximum Gasteiger partial charge on any atom is 0.305 e. The zero-order valence-electron chi connectivity index (χ0n) is 12.0. The predicted octanol–water partition coefficient (Wildman–Crippen LogP) is 2.17. The lowest BCUT2D eigenvalue weighted by Gasteiger charge is -2.19. The van der Waals surface area contributed by atoms with Crippen LogP contribution in [0, 0.1) is 0 Å². The number of ether oxygens (including phenoxy) is 1. The molecular weight excluding hydrogens is 270 g/mol. The highest BCUT2D eigenvalue weighted by atomic mass is 16.5. The minimum absolute atomic E-state index is 0.0153. The Labute approximate surface area is 123 Å². The topological polar surface area (TPSA) is 66.8 Å². The summed E-state index contributed by atoms with van der Waals surface area (Å²) in [5, 5.41) is 8.74. The molecule has 5 heteroatoms. The molecule has 1 fully saturated rings. The van der Waals surface area contributed by atoms with Gasteiger partial charge in [0.25, 0.3) is 0 Å². The van der Waals surface area contributed by atoms with Gasteiger partial charge in [-0.15, -0.1) is 0 Å². The molecular formula is C16H19NO4. The molecule has 1 amide bonds. The van der Waals surface area contributed by atoms with Crippen molar-refractivity contribution in [3.63, 3.8) is 0 Å². The molecule has 1 aliphatic rings. The summed E-state index contributed by atoms with van der Waals surface area (Å²) < 4.78 is 5.07. The Morgan fingerprint density at radius 1 is 1.33 bits per heavy atom. The van der Waals surface area contributed by atoms with Crippen LogP contribution in [-0.4, -0.2) is 41.6 Å². The first-order valence-electron chi connectivity index (χ1n) is 6.94. The fourth-order valence-electron chi connectivity index (χ4n) is 2.05. The summed E-state index contributed by atoms with van der Waals surface area (Å²) in [5.74, 6) is -0.248. The second-order valence-corrected chi connectivity index (χ2v) is 5.01. The molecule has 5 nitrogen and oxygen atoms in total. The molecule has 0 unspecified atom stereocenters. The summed E-state index contributed by atoms with van der Waals surface area (Å²) in [5.41, 5.74) is 0.901. The van der Waals surface area contributed by atoms with Gasteiger partial charge in [0, 0.05) is 18.7 Å². The van der Waals surface area contributed by atoms with Crippen LogP contribution in [0.2, 0.25) is 0 Å². The summed E-state index contributed by atoms with van der Waals surface area (Å²) >= 11 is 0. The highest BCUT2D eigenvalue weighted by molar-refractivity contribution is 5.92. The molecule has 21 heavy (non-hydrogen) atoms. The smallest absolute Gasteiger partial charge is 0.305 e. The predicted molar refractivity (Wildman–Crippen MR) is 79.0 cm³/mol. The van der Waals surface area contributed by atoms with Crippen molar-refractivity contribution in [1.29, 1.82) is 0 Å². The standard InChI is InChI=1S/C16H19NO4/c1-21-14-7-2-12(3-8-14)4-9-15(18)17(13-5-6-13)11-10-16(19)20/h2-4,7-9,13H,5-6,10-11H2,1H3,(H,19,20)/b9-4+. The summed E-state index contributed by atoms with van der Waals surface area (Å²) in [6.45, 7) is 0.270. The van der Waals surface area contributed by atoms with Crippen molar-refractivity contribution in [3.05, 3.63) is 35.9 Å². The quantitative estimate of drug-likeness (QED) is 0.781. The SMILES string of the molecule is COc1ccc(/C=C/C(=O)N(CCC(=O)O)C2CC2)cc1. The molecule has 1 aromatic carbocycles. The van der Waals surface area contributed by atoms with E-state index < -0.39 is 5.97 Å². The van der Waals surface area contributed by atoms with Crippen LogP contribution in [0.4, 0.5) is 0 Å². The van der Waals surface area contributed by atoms with E-state index in [4.69, 9.17) is 9.84 Å². The Kier molecular flexibility index (Phi) is 4.98. The maximum atomic E-state index is 12.2. The van der Waals surface area contributed by atoms with Gasteiger partial charge in [-0.2, -0.15) is 0 Å². The van der Waals surface area contributed by atoms with Crippen molar-refractivity contribution in [2.75, 3.05) is 13.7 Å². The molecule has 0 bridgehead atoms. The number of nitrogens with zero attached hydrogens (tertiary/aromatic N) is 1. The van der Waals surface area contributed by atoms with Gasteiger partial charge in [-0.3, -0.25) is 9.59 Å². The Hall–Kier alpha value is -2.30. The molecule has 1 aromatic rings. The van der Waals surface area contributed by atoms with Gasteiger partial charge in [0.1, 0.15) is 5.75 Å². The van der Waals surface area contributed by atoms with Gasteiger partial charge in [-0.05, 0) is 36.6 Å². The number of rotatable bonds is 7. The number of hydrogen-bond acceptors (Lipinski definition) is 3. The first kappa shape index (κ1) is 15.1. The van der Waals surface area contributed by atoms with Crippen LogP contribution in [0.1, 0.15) is 24.8 Å². The number of carboxylic acids is 1. The van der Waals surface area contributed by atoms with Crippen molar-refractivity contribution in [2.45, 2.75) is 25.3 Å². The lowest BCUT2D eigenvalue weighted by Crippen LogP contribution is -2.33. The average molecular weight is 289 g/mol. The van der Waals surface area contributed by atoms with Crippen molar-refractivity contribution in [2.24, 2.45) is 0 Å². The third kappa shape index (κ3) is 4.63. The fraction of sp³-hybridized carbons (Fsp3) is 0.375. The molecule has 1 saturated carbocycles. The van der Waals surface area contributed by atoms with Gasteiger partial charge in [-0.25, -0.2) is 0 Å². The van der Waals surface area contributed by atoms with E-state index in [1.165, 1.54) is 6.08 Å². The second kappa shape index (κ2) is 6.92. The molecule has 0 aliphatic heterocycles. The highest BCUT2D eigenvalue weighted by Crippen LogP contribution is 2.27. The van der Waals surface area contributed by atoms with Crippen molar-refractivity contribution in [3.8, 4) is 5.75 Å². The molecule has 0 heterocycles. The van der Waals surface area contributed by atoms with E-state index in [9.17, 15) is 9.59 Å². The van der Waals surface area contributed by atoms with Crippen LogP contribution in [0.3, 0.4) is 0 Å². The van der Waals surface area contributed by atoms with Crippen molar-refractivity contribution >= 4 is 18.0 Å². The summed E-state index contributed by atoms with van der Waals surface area (Å²) in [6, 6.07) is 7.58. The van der Waals surface area contributed by atoms with Crippen LogP contribution in [-0.2, 0) is 9.59 Å². The number of amides is 1. The van der Waals surface area contributed by atoms with E-state index in [1.54, 1.807) is 18.1 Å². The van der Waals surface area contributed by atoms with E-state index in [0.717, 1.165) is 24.2 Å². The van der Waals surface area contributed by atoms with E-state index in [1.807, 2.05) is 24.3 Å². The molecule has 1 aliphatic carbocycles. The van der Waals surface area contributed by atoms with Crippen LogP contribution in [0.5, 0.6) is 5.75 Å². The first-order valence-corrected chi connectivity index (χ1v) is 6.94. The van der Waals surface area contributed by atoms with Gasteiger partial charge in [-0.1, -0.05) is 12.1 Å². The maximum absolute atomic E-state index is 12.2. The minimum atomic E-state index is -0.882. The Bertz CT molecular complexity index is 532. The van der Waals surface area contributed by atoms with E-state index in [0.29, 0.717) is 0 Å². The Balaban J connectivity index is 1.96. The van der Waals surface area contributed by atoms with Gasteiger partial charge >= 0.3 is 5.97 Å². The first-order chi connectivity index (χ1) is 10.1. The highest BCUT2D eigenvalue weighted by Gasteiger charge is 2.31. The summed E-state index contributed by atoms with van der Waals surface area (Å²) in [4.78, 5) is 24.4. The normalized spacial score (nSPS) is 14.1. The number of aliphatic carboxylic acids is 1. The molecule has 0 saturated heterocycles. The fourth-order valence-corrected chi connectivity index (χ4v) is 2.05. The number of carbonyl (C=O) groups is 2. The van der Waals surface area contributed by atoms with Crippen LogP contribution >= 0.6 is 0 Å². The number of carbonyl (C=O) groups excluding carboxylic acids is 1. The largest absolute Gasteiger partial charge is 0.497 e. The molecule has 0 aromatic heterocycles. The van der Waals surface area contributed by atoms with Gasteiger partial charge < -0.3 is 14.7 Å². The van der Waals surface area contributed by atoms with Crippen LogP contribution < -0.4 is 4.74 Å². The Morgan fingerprint density at radius 2 is 2.00 bits per heavy atom. The van der Waals surface area contributed by atoms with Crippen molar-refractivity contribution < 1.29 is 19.4 Å². The molecule has 1 N–H and O–H groups in total. The van der Waals surface area contributed by atoms with Crippen LogP contribution in [0.25, 0.3) is 6.08 Å². The minimum Gasteiger partial charge on any atom is -0.497 e. The lowest BCUT2D eigenvalue weighted by molar-refractivity contribution is -0.138. The summed E-state index contributed by atoms with van der Waals surface area (Å²) in [7, 11) is 1.60. The van der Waals surface area contributed by atoms with Crippen molar-refractivity contribution in [1.82, 2.24) is 4.90 Å². The molecule has 0 spiro atoms. The average Bonchev–Trinajstić information content (AvgIpc) is 3.30. The van der Waals surface area contributed by atoms with E-state index >= 15 is 0 Å². The van der Waals surface area contributed by atoms with Gasteiger partial charge in [0.2, 0.25) is 5.91 Å². The third-order valence-electron chi connectivity index (χ3n) is 3.37. The van der Waals surface area contributed by atoms with Crippen LogP contribution in [0.15, 0.2) is 30.3 Å². The molecule has 0 radical (unpaired) electrons. The van der Waals surface area contributed by atoms with E-state index in [-0.39, 0.29) is 24.9 Å². The number of carboxylic acid groups (broad SMARTS) is 1. The number of hydrogen-bond donors (Lipinski definition) is 1. The second-order valence-electron chi connectivity index (χ2n) is 5.01. The molecule has 0 atom stereocenters. The van der Waals surface area contributed by atoms with E-state index in [2.05, 4.69) is 0 Å². The lowest BCUT2D eigenvalue weighted by atomic mass is 10.2. The zero-order chi connectivity index (χ0) is 15.2. The number of methoxy groups -OCH3 is 1. The monoisotopic (exact) mass is 289 g/mol. The van der Waals surface area contributed by atoms with Gasteiger partial charge in [0.05, 0.1) is 13.5 Å². The summed E-state index contributed by atoms with van der Waals surface area (Å²) in [6.07, 6.45) is 5.14. The Morgan fingerprint density at radius 3 is 2.52 bits per heavy atom. The third-order valence-corrected chi connectivity index (χ3v) is 3.37. The molecule has 2 rings (SSSR count). The van der Waals surface area contributed by atoms with Gasteiger partial charge in [0.15, 0.2) is 0 Å².